The van der Waals surface area contributed by atoms with Crippen molar-refractivity contribution in [1.29, 1.82) is 0 Å². The Bertz CT molecular complexity index is 1650. The van der Waals surface area contributed by atoms with E-state index in [0.29, 0.717) is 5.56 Å². The number of methoxy groups -OCH3 is 1. The summed E-state index contributed by atoms with van der Waals surface area (Å²) in [6.07, 6.45) is 2.06. The molecule has 0 fully saturated rings. The van der Waals surface area contributed by atoms with Crippen LogP contribution in [0.4, 0.5) is 0 Å². The summed E-state index contributed by atoms with van der Waals surface area (Å²) in [4.78, 5) is 17.4. The highest BCUT2D eigenvalue weighted by atomic mass is 16.5. The largest absolute Gasteiger partial charge is 0.465 e. The van der Waals surface area contributed by atoms with Gasteiger partial charge in [-0.25, -0.2) is 9.78 Å². The maximum Gasteiger partial charge on any atom is 0.337 e. The Labute approximate surface area is 190 Å². The van der Waals surface area contributed by atoms with Gasteiger partial charge in [0.25, 0.3) is 0 Å². The van der Waals surface area contributed by atoms with Crippen LogP contribution in [-0.2, 0) is 4.74 Å². The maximum absolute atomic E-state index is 12.4. The first-order valence-corrected chi connectivity index (χ1v) is 10.8. The van der Waals surface area contributed by atoms with Gasteiger partial charge in [-0.15, -0.1) is 0 Å². The molecule has 0 amide bonds. The molecule has 0 spiro atoms. The molecule has 4 nitrogen and oxygen atoms in total. The molecule has 0 radical (unpaired) electrons. The van der Waals surface area contributed by atoms with Crippen LogP contribution >= 0.6 is 0 Å². The van der Waals surface area contributed by atoms with Crippen molar-refractivity contribution in [1.82, 2.24) is 9.38 Å². The summed E-state index contributed by atoms with van der Waals surface area (Å²) < 4.78 is 7.17. The van der Waals surface area contributed by atoms with Crippen LogP contribution in [0.2, 0.25) is 0 Å². The van der Waals surface area contributed by atoms with Gasteiger partial charge in [0.15, 0.2) is 0 Å². The zero-order valence-electron chi connectivity index (χ0n) is 18.0. The molecule has 2 heterocycles. The lowest BCUT2D eigenvalue weighted by molar-refractivity contribution is 0.0601. The predicted molar refractivity (Wildman–Crippen MR) is 132 cm³/mol. The van der Waals surface area contributed by atoms with Gasteiger partial charge in [-0.1, -0.05) is 72.8 Å². The van der Waals surface area contributed by atoms with E-state index in [-0.39, 0.29) is 5.97 Å². The molecule has 0 saturated carbocycles. The van der Waals surface area contributed by atoms with Gasteiger partial charge in [0.05, 0.1) is 23.7 Å². The molecule has 6 rings (SSSR count). The number of aromatic nitrogens is 2. The standard InChI is InChI=1S/C29H20N2O2/c1-33-29(32)21-15-16-22-23(18-21)25(19-10-4-2-5-11-19)26(20-12-6-3-7-13-20)28-27(22)30-24-14-8-9-17-31(24)28/h2-18H,1H3. The number of imidazole rings is 1. The molecule has 0 saturated heterocycles. The highest BCUT2D eigenvalue weighted by Gasteiger charge is 2.22. The van der Waals surface area contributed by atoms with E-state index in [2.05, 4.69) is 34.9 Å². The number of hydrogen-bond donors (Lipinski definition) is 0. The lowest BCUT2D eigenvalue weighted by Gasteiger charge is -2.17. The van der Waals surface area contributed by atoms with Crippen molar-refractivity contribution in [2.24, 2.45) is 0 Å². The number of hydrogen-bond acceptors (Lipinski definition) is 3. The molecule has 2 aromatic heterocycles. The average Bonchev–Trinajstić information content (AvgIpc) is 3.27. The van der Waals surface area contributed by atoms with Gasteiger partial charge >= 0.3 is 5.97 Å². The minimum absolute atomic E-state index is 0.354. The number of pyridine rings is 1. The number of nitrogens with zero attached hydrogens (tertiary/aromatic N) is 2. The number of ether oxygens (including phenoxy) is 1. The van der Waals surface area contributed by atoms with Crippen LogP contribution in [-0.4, -0.2) is 22.5 Å². The Kier molecular flexibility index (Phi) is 4.44. The molecule has 4 heteroatoms. The number of esters is 1. The normalized spacial score (nSPS) is 11.3. The number of rotatable bonds is 3. The average molecular weight is 428 g/mol. The molecule has 0 unspecified atom stereocenters. The molecular weight excluding hydrogens is 408 g/mol. The van der Waals surface area contributed by atoms with Gasteiger partial charge in [-0.2, -0.15) is 0 Å². The second-order valence-electron chi connectivity index (χ2n) is 7.97. The molecular formula is C29H20N2O2. The summed E-state index contributed by atoms with van der Waals surface area (Å²) >= 11 is 0. The van der Waals surface area contributed by atoms with Gasteiger partial charge in [0, 0.05) is 17.1 Å². The number of fused-ring (bicyclic) bond motifs is 5. The Morgan fingerprint density at radius 1 is 0.758 bits per heavy atom. The van der Waals surface area contributed by atoms with Crippen molar-refractivity contribution in [3.05, 3.63) is 109 Å². The van der Waals surface area contributed by atoms with Crippen LogP contribution in [0, 0.1) is 0 Å². The maximum atomic E-state index is 12.4. The first-order valence-electron chi connectivity index (χ1n) is 10.8. The van der Waals surface area contributed by atoms with E-state index < -0.39 is 0 Å². The van der Waals surface area contributed by atoms with E-state index in [4.69, 9.17) is 9.72 Å². The SMILES string of the molecule is COC(=O)c1ccc2c(c1)c(-c1ccccc1)c(-c1ccccc1)c1c2nc2ccccn21. The van der Waals surface area contributed by atoms with E-state index >= 15 is 0 Å². The molecule has 0 aliphatic heterocycles. The van der Waals surface area contributed by atoms with E-state index in [1.165, 1.54) is 7.11 Å². The highest BCUT2D eigenvalue weighted by Crippen LogP contribution is 2.44. The minimum Gasteiger partial charge on any atom is -0.465 e. The monoisotopic (exact) mass is 428 g/mol. The van der Waals surface area contributed by atoms with Gasteiger partial charge in [-0.05, 0) is 46.3 Å². The van der Waals surface area contributed by atoms with Gasteiger partial charge < -0.3 is 4.74 Å². The summed E-state index contributed by atoms with van der Waals surface area (Å²) in [5.41, 5.74) is 7.69. The van der Waals surface area contributed by atoms with Crippen molar-refractivity contribution in [2.75, 3.05) is 7.11 Å². The molecule has 4 aromatic carbocycles. The number of carbonyl (C=O) groups is 1. The first kappa shape index (κ1) is 19.3. The molecule has 0 atom stereocenters. The third kappa shape index (κ3) is 2.99. The summed E-state index contributed by atoms with van der Waals surface area (Å²) in [5, 5.41) is 1.97. The van der Waals surface area contributed by atoms with Crippen LogP contribution in [0.1, 0.15) is 10.4 Å². The second kappa shape index (κ2) is 7.61. The van der Waals surface area contributed by atoms with Gasteiger partial charge in [0.2, 0.25) is 0 Å². The van der Waals surface area contributed by atoms with Crippen LogP contribution < -0.4 is 0 Å². The van der Waals surface area contributed by atoms with Crippen molar-refractivity contribution in [2.45, 2.75) is 0 Å². The fourth-order valence-electron chi connectivity index (χ4n) is 4.67. The van der Waals surface area contributed by atoms with Crippen LogP contribution in [0.15, 0.2) is 103 Å². The summed E-state index contributed by atoms with van der Waals surface area (Å²) in [6.45, 7) is 0. The van der Waals surface area contributed by atoms with E-state index in [1.807, 2.05) is 72.8 Å². The lowest BCUT2D eigenvalue weighted by atomic mass is 9.87. The molecule has 0 bridgehead atoms. The van der Waals surface area contributed by atoms with Gasteiger partial charge in [0.1, 0.15) is 5.65 Å². The zero-order valence-corrected chi connectivity index (χ0v) is 18.0. The quantitative estimate of drug-likeness (QED) is 0.293. The predicted octanol–water partition coefficient (Wildman–Crippen LogP) is 6.76. The first-order chi connectivity index (χ1) is 16.3. The highest BCUT2D eigenvalue weighted by molar-refractivity contribution is 6.21. The Hall–Kier alpha value is -4.44. The van der Waals surface area contributed by atoms with Crippen LogP contribution in [0.5, 0.6) is 0 Å². The van der Waals surface area contributed by atoms with Crippen molar-refractivity contribution < 1.29 is 9.53 Å². The number of carbonyl (C=O) groups excluding carboxylic acids is 1. The molecule has 0 aliphatic carbocycles. The Balaban J connectivity index is 1.90. The fraction of sp³-hybridized carbons (Fsp3) is 0.0345. The third-order valence-electron chi connectivity index (χ3n) is 6.11. The molecule has 0 aliphatic rings. The zero-order chi connectivity index (χ0) is 22.4. The van der Waals surface area contributed by atoms with E-state index in [1.54, 1.807) is 0 Å². The van der Waals surface area contributed by atoms with E-state index in [0.717, 1.165) is 49.7 Å². The lowest BCUT2D eigenvalue weighted by Crippen LogP contribution is -2.01. The topological polar surface area (TPSA) is 43.6 Å². The molecule has 6 aromatic rings. The smallest absolute Gasteiger partial charge is 0.337 e. The van der Waals surface area contributed by atoms with Crippen molar-refractivity contribution in [3.63, 3.8) is 0 Å². The minimum atomic E-state index is -0.354. The van der Waals surface area contributed by atoms with Crippen LogP contribution in [0.25, 0.3) is 49.7 Å². The Morgan fingerprint density at radius 2 is 1.42 bits per heavy atom. The second-order valence-corrected chi connectivity index (χ2v) is 7.97. The van der Waals surface area contributed by atoms with Crippen LogP contribution in [0.3, 0.4) is 0 Å². The van der Waals surface area contributed by atoms with Gasteiger partial charge in [-0.3, -0.25) is 4.40 Å². The molecule has 0 N–H and O–H groups in total. The summed E-state index contributed by atoms with van der Waals surface area (Å²) in [6, 6.07) is 32.5. The fourth-order valence-corrected chi connectivity index (χ4v) is 4.67. The third-order valence-corrected chi connectivity index (χ3v) is 6.11. The summed E-state index contributed by atoms with van der Waals surface area (Å²) in [5.74, 6) is -0.354. The molecule has 33 heavy (non-hydrogen) atoms. The summed E-state index contributed by atoms with van der Waals surface area (Å²) in [7, 11) is 1.41. The number of benzene rings is 4. The van der Waals surface area contributed by atoms with Crippen molar-refractivity contribution in [3.8, 4) is 22.3 Å². The van der Waals surface area contributed by atoms with Crippen molar-refractivity contribution >= 4 is 33.4 Å². The Morgan fingerprint density at radius 3 is 2.12 bits per heavy atom. The molecule has 158 valence electrons. The van der Waals surface area contributed by atoms with E-state index in [9.17, 15) is 4.79 Å².